The lowest BCUT2D eigenvalue weighted by molar-refractivity contribution is -0.119. The third-order valence-corrected chi connectivity index (χ3v) is 6.02. The summed E-state index contributed by atoms with van der Waals surface area (Å²) in [6.45, 7) is 2.39. The lowest BCUT2D eigenvalue weighted by Gasteiger charge is -2.26. The zero-order chi connectivity index (χ0) is 19.5. The van der Waals surface area contributed by atoms with Crippen molar-refractivity contribution in [2.24, 2.45) is 0 Å². The van der Waals surface area contributed by atoms with Crippen LogP contribution < -0.4 is 10.9 Å². The normalized spacial score (nSPS) is 16.0. The average Bonchev–Trinajstić information content (AvgIpc) is 2.73. The molecule has 7 heteroatoms. The van der Waals surface area contributed by atoms with Gasteiger partial charge in [0.15, 0.2) is 10.8 Å². The molecule has 0 bridgehead atoms. The second kappa shape index (κ2) is 8.14. The first-order valence-corrected chi connectivity index (χ1v) is 10.5. The van der Waals surface area contributed by atoms with E-state index < -0.39 is 0 Å². The smallest absolute Gasteiger partial charge is 0.263 e. The molecule has 2 heterocycles. The molecule has 0 unspecified atom stereocenters. The van der Waals surface area contributed by atoms with Crippen molar-refractivity contribution in [1.82, 2.24) is 19.9 Å². The highest BCUT2D eigenvalue weighted by atomic mass is 32.2. The Morgan fingerprint density at radius 2 is 2.14 bits per heavy atom. The fourth-order valence-corrected chi connectivity index (χ4v) is 4.56. The van der Waals surface area contributed by atoms with Gasteiger partial charge in [-0.25, -0.2) is 9.97 Å². The highest BCUT2D eigenvalue weighted by molar-refractivity contribution is 7.99. The molecule has 0 aliphatic heterocycles. The van der Waals surface area contributed by atoms with Crippen LogP contribution in [-0.2, 0) is 17.8 Å². The fourth-order valence-electron chi connectivity index (χ4n) is 3.70. The van der Waals surface area contributed by atoms with Crippen molar-refractivity contribution in [2.75, 3.05) is 5.75 Å². The number of nitrogens with zero attached hydrogens (tertiary/aromatic N) is 3. The number of aryl methyl sites for hydroxylation is 1. The van der Waals surface area contributed by atoms with Crippen molar-refractivity contribution in [3.63, 3.8) is 0 Å². The molecule has 1 aliphatic rings. The molecular weight excluding hydrogens is 372 g/mol. The number of fused-ring (bicyclic) bond motifs is 2. The highest BCUT2D eigenvalue weighted by Crippen LogP contribution is 2.29. The van der Waals surface area contributed by atoms with Crippen molar-refractivity contribution >= 4 is 28.7 Å². The SMILES string of the molecule is CCn1c(SCC(=O)N[C@@H]2CCCc3ccccc32)nc2ncccc2c1=O. The van der Waals surface area contributed by atoms with Crippen molar-refractivity contribution < 1.29 is 4.79 Å². The summed E-state index contributed by atoms with van der Waals surface area (Å²) in [5, 5.41) is 4.17. The molecule has 0 saturated heterocycles. The molecule has 0 spiro atoms. The van der Waals surface area contributed by atoms with E-state index in [4.69, 9.17) is 0 Å². The first kappa shape index (κ1) is 18.7. The van der Waals surface area contributed by atoms with Gasteiger partial charge in [0, 0.05) is 12.7 Å². The number of aromatic nitrogens is 3. The van der Waals surface area contributed by atoms with Gasteiger partial charge >= 0.3 is 0 Å². The van der Waals surface area contributed by atoms with Crippen LogP contribution in [0, 0.1) is 0 Å². The molecule has 0 saturated carbocycles. The number of benzene rings is 1. The van der Waals surface area contributed by atoms with Crippen LogP contribution >= 0.6 is 11.8 Å². The first-order chi connectivity index (χ1) is 13.7. The molecule has 6 nitrogen and oxygen atoms in total. The zero-order valence-corrected chi connectivity index (χ0v) is 16.5. The summed E-state index contributed by atoms with van der Waals surface area (Å²) >= 11 is 1.28. The maximum absolute atomic E-state index is 12.6. The number of carbonyl (C=O) groups is 1. The number of carbonyl (C=O) groups excluding carboxylic acids is 1. The lowest BCUT2D eigenvalue weighted by atomic mass is 9.88. The molecule has 2 aromatic heterocycles. The molecule has 0 fully saturated rings. The van der Waals surface area contributed by atoms with Gasteiger partial charge in [0.25, 0.3) is 5.56 Å². The Balaban J connectivity index is 1.49. The van der Waals surface area contributed by atoms with E-state index >= 15 is 0 Å². The van der Waals surface area contributed by atoms with E-state index in [0.717, 1.165) is 19.3 Å². The van der Waals surface area contributed by atoms with Gasteiger partial charge in [0.1, 0.15) is 0 Å². The molecule has 3 aromatic rings. The third kappa shape index (κ3) is 3.67. The maximum atomic E-state index is 12.6. The molecular formula is C21H22N4O2S. The van der Waals surface area contributed by atoms with E-state index in [-0.39, 0.29) is 23.3 Å². The van der Waals surface area contributed by atoms with Gasteiger partial charge in [0.05, 0.1) is 17.2 Å². The number of amides is 1. The van der Waals surface area contributed by atoms with Crippen LogP contribution in [0.25, 0.3) is 11.0 Å². The van der Waals surface area contributed by atoms with Gasteiger partial charge in [-0.3, -0.25) is 14.2 Å². The van der Waals surface area contributed by atoms with E-state index in [1.165, 1.54) is 22.9 Å². The standard InChI is InChI=1S/C21H22N4O2S/c1-2-25-20(27)16-10-6-12-22-19(16)24-21(25)28-13-18(26)23-17-11-5-8-14-7-3-4-9-15(14)17/h3-4,6-7,9-10,12,17H,2,5,8,11,13H2,1H3,(H,23,26)/t17-/m1/s1. The average molecular weight is 395 g/mol. The van der Waals surface area contributed by atoms with Crippen LogP contribution in [0.3, 0.4) is 0 Å². The Morgan fingerprint density at radius 1 is 1.29 bits per heavy atom. The largest absolute Gasteiger partial charge is 0.349 e. The van der Waals surface area contributed by atoms with Crippen molar-refractivity contribution in [1.29, 1.82) is 0 Å². The number of thioether (sulfide) groups is 1. The highest BCUT2D eigenvalue weighted by Gasteiger charge is 2.21. The van der Waals surface area contributed by atoms with E-state index in [0.29, 0.717) is 22.7 Å². The molecule has 28 heavy (non-hydrogen) atoms. The molecule has 1 amide bonds. The Hall–Kier alpha value is -2.67. The van der Waals surface area contributed by atoms with Crippen molar-refractivity contribution in [2.45, 2.75) is 43.9 Å². The molecule has 4 rings (SSSR count). The number of nitrogens with one attached hydrogen (secondary N) is 1. The van der Waals surface area contributed by atoms with Crippen LogP contribution in [0.1, 0.15) is 36.9 Å². The van der Waals surface area contributed by atoms with Gasteiger partial charge in [-0.2, -0.15) is 0 Å². The summed E-state index contributed by atoms with van der Waals surface area (Å²) in [4.78, 5) is 33.9. The van der Waals surface area contributed by atoms with Gasteiger partial charge in [-0.15, -0.1) is 0 Å². The minimum atomic E-state index is -0.121. The van der Waals surface area contributed by atoms with Gasteiger partial charge < -0.3 is 5.32 Å². The number of hydrogen-bond acceptors (Lipinski definition) is 5. The second-order valence-electron chi connectivity index (χ2n) is 6.82. The van der Waals surface area contributed by atoms with E-state index in [2.05, 4.69) is 27.4 Å². The summed E-state index contributed by atoms with van der Waals surface area (Å²) in [6.07, 6.45) is 4.70. The van der Waals surface area contributed by atoms with Crippen LogP contribution in [0.5, 0.6) is 0 Å². The number of pyridine rings is 1. The predicted octanol–water partition coefficient (Wildman–Crippen LogP) is 3.10. The first-order valence-electron chi connectivity index (χ1n) is 9.53. The summed E-state index contributed by atoms with van der Waals surface area (Å²) < 4.78 is 1.60. The number of rotatable bonds is 5. The lowest BCUT2D eigenvalue weighted by Crippen LogP contribution is -2.32. The molecule has 1 aromatic carbocycles. The van der Waals surface area contributed by atoms with Gasteiger partial charge in [0.2, 0.25) is 5.91 Å². The zero-order valence-electron chi connectivity index (χ0n) is 15.7. The van der Waals surface area contributed by atoms with Crippen LogP contribution in [0.15, 0.2) is 52.5 Å². The topological polar surface area (TPSA) is 76.9 Å². The Bertz CT molecular complexity index is 1080. The Morgan fingerprint density at radius 3 is 3.00 bits per heavy atom. The van der Waals surface area contributed by atoms with Gasteiger partial charge in [-0.1, -0.05) is 36.0 Å². The van der Waals surface area contributed by atoms with E-state index in [9.17, 15) is 9.59 Å². The quantitative estimate of drug-likeness (QED) is 0.532. The molecule has 1 atom stereocenters. The maximum Gasteiger partial charge on any atom is 0.263 e. The number of hydrogen-bond donors (Lipinski definition) is 1. The Labute approximate surface area is 167 Å². The van der Waals surface area contributed by atoms with Gasteiger partial charge in [-0.05, 0) is 49.4 Å². The van der Waals surface area contributed by atoms with E-state index in [1.54, 1.807) is 22.9 Å². The molecule has 144 valence electrons. The minimum Gasteiger partial charge on any atom is -0.349 e. The van der Waals surface area contributed by atoms with Crippen LogP contribution in [0.4, 0.5) is 0 Å². The monoisotopic (exact) mass is 394 g/mol. The van der Waals surface area contributed by atoms with Crippen LogP contribution in [0.2, 0.25) is 0 Å². The molecule has 1 N–H and O–H groups in total. The molecule has 0 radical (unpaired) electrons. The second-order valence-corrected chi connectivity index (χ2v) is 7.76. The summed E-state index contributed by atoms with van der Waals surface area (Å²) in [7, 11) is 0. The van der Waals surface area contributed by atoms with Crippen molar-refractivity contribution in [3.05, 3.63) is 64.1 Å². The summed E-state index contributed by atoms with van der Waals surface area (Å²) in [5.41, 5.74) is 2.82. The fraction of sp³-hybridized carbons (Fsp3) is 0.333. The molecule has 1 aliphatic carbocycles. The summed E-state index contributed by atoms with van der Waals surface area (Å²) in [6, 6.07) is 11.8. The van der Waals surface area contributed by atoms with Crippen LogP contribution in [-0.4, -0.2) is 26.2 Å². The predicted molar refractivity (Wildman–Crippen MR) is 110 cm³/mol. The summed E-state index contributed by atoms with van der Waals surface area (Å²) in [5.74, 6) is 0.161. The minimum absolute atomic E-state index is 0.0512. The van der Waals surface area contributed by atoms with E-state index in [1.807, 2.05) is 19.1 Å². The van der Waals surface area contributed by atoms with Crippen molar-refractivity contribution in [3.8, 4) is 0 Å². The third-order valence-electron chi connectivity index (χ3n) is 5.05. The Kier molecular flexibility index (Phi) is 5.43.